The smallest absolute Gasteiger partial charge is 0.338 e. The van der Waals surface area contributed by atoms with Crippen LogP contribution in [0.5, 0.6) is 5.75 Å². The highest BCUT2D eigenvalue weighted by molar-refractivity contribution is 7.07. The molecule has 3 aromatic carbocycles. The zero-order valence-corrected chi connectivity index (χ0v) is 27.4. The number of para-hydroxylation sites is 2. The van der Waals surface area contributed by atoms with Crippen molar-refractivity contribution in [3.8, 4) is 5.75 Å². The van der Waals surface area contributed by atoms with Crippen molar-refractivity contribution >= 4 is 57.5 Å². The maximum atomic E-state index is 14.3. The number of benzene rings is 3. The third-order valence-corrected chi connectivity index (χ3v) is 9.49. The number of rotatable bonds is 9. The number of nitrogens with zero attached hydrogens (tertiary/aromatic N) is 3. The monoisotopic (exact) mass is 659 g/mol. The van der Waals surface area contributed by atoms with Crippen LogP contribution in [0.2, 0.25) is 10.0 Å². The van der Waals surface area contributed by atoms with E-state index in [0.717, 1.165) is 28.5 Å². The van der Waals surface area contributed by atoms with Gasteiger partial charge in [-0.3, -0.25) is 9.36 Å². The number of thiazole rings is 1. The molecule has 0 spiro atoms. The molecule has 0 N–H and O–H groups in total. The van der Waals surface area contributed by atoms with Gasteiger partial charge >= 0.3 is 5.97 Å². The standard InChI is InChI=1S/C35H31Cl2N3O4S/c1-4-10-27-31(34(42)44-5-2)32(24-12-7-9-14-29(24)43-3)40-33(41)30(45-35(40)38-27)18-22-20-39(28-13-8-6-11-23(22)28)19-21-15-16-25(36)26(37)17-21/h6-9,11-18,20,32H,4-5,10,19H2,1-3H3/b30-18+. The van der Waals surface area contributed by atoms with Gasteiger partial charge in [0.2, 0.25) is 0 Å². The highest BCUT2D eigenvalue weighted by Crippen LogP contribution is 2.37. The average Bonchev–Trinajstić information content (AvgIpc) is 3.54. The van der Waals surface area contributed by atoms with E-state index in [4.69, 9.17) is 37.7 Å². The van der Waals surface area contributed by atoms with Crippen LogP contribution in [0.4, 0.5) is 0 Å². The van der Waals surface area contributed by atoms with Crippen molar-refractivity contribution in [3.05, 3.63) is 131 Å². The molecule has 1 aliphatic heterocycles. The molecule has 10 heteroatoms. The minimum atomic E-state index is -0.754. The summed E-state index contributed by atoms with van der Waals surface area (Å²) < 4.78 is 15.5. The van der Waals surface area contributed by atoms with E-state index in [1.165, 1.54) is 11.3 Å². The lowest BCUT2D eigenvalue weighted by molar-refractivity contribution is -0.139. The lowest BCUT2D eigenvalue weighted by Crippen LogP contribution is -2.40. The van der Waals surface area contributed by atoms with Gasteiger partial charge in [0.05, 0.1) is 39.6 Å². The molecule has 0 amide bonds. The minimum absolute atomic E-state index is 0.205. The van der Waals surface area contributed by atoms with Crippen molar-refractivity contribution in [2.24, 2.45) is 4.99 Å². The summed E-state index contributed by atoms with van der Waals surface area (Å²) in [5.74, 6) is 0.0854. The number of allylic oxidation sites excluding steroid dienone is 1. The SMILES string of the molecule is CCCC1=C(C(=O)OCC)C(c2ccccc2OC)n2c(s/c(=C/c3cn(Cc4ccc(Cl)c(Cl)c4)c4ccccc34)c2=O)=N1. The topological polar surface area (TPSA) is 74.8 Å². The Morgan fingerprint density at radius 3 is 2.58 bits per heavy atom. The third kappa shape index (κ3) is 5.86. The Balaban J connectivity index is 1.55. The first-order valence-corrected chi connectivity index (χ1v) is 16.3. The van der Waals surface area contributed by atoms with Crippen LogP contribution in [0.25, 0.3) is 17.0 Å². The third-order valence-electron chi connectivity index (χ3n) is 7.77. The molecule has 1 atom stereocenters. The lowest BCUT2D eigenvalue weighted by Gasteiger charge is -2.26. The first-order chi connectivity index (χ1) is 21.8. The van der Waals surface area contributed by atoms with Crippen LogP contribution < -0.4 is 19.6 Å². The van der Waals surface area contributed by atoms with Crippen LogP contribution in [0, 0.1) is 0 Å². The van der Waals surface area contributed by atoms with Gasteiger partial charge < -0.3 is 14.0 Å². The molecule has 2 aromatic heterocycles. The Morgan fingerprint density at radius 2 is 1.82 bits per heavy atom. The molecule has 0 saturated heterocycles. The van der Waals surface area contributed by atoms with Gasteiger partial charge in [0.25, 0.3) is 5.56 Å². The van der Waals surface area contributed by atoms with E-state index in [1.807, 2.05) is 73.8 Å². The van der Waals surface area contributed by atoms with Crippen LogP contribution in [-0.4, -0.2) is 28.8 Å². The molecule has 6 rings (SSSR count). The number of hydrogen-bond donors (Lipinski definition) is 0. The number of fused-ring (bicyclic) bond motifs is 2. The molecule has 1 aliphatic rings. The molecule has 3 heterocycles. The van der Waals surface area contributed by atoms with Crippen molar-refractivity contribution in [2.45, 2.75) is 39.3 Å². The van der Waals surface area contributed by atoms with E-state index in [1.54, 1.807) is 24.7 Å². The molecule has 45 heavy (non-hydrogen) atoms. The van der Waals surface area contributed by atoms with Gasteiger partial charge in [0.15, 0.2) is 4.80 Å². The quantitative estimate of drug-likeness (QED) is 0.161. The molecule has 0 fully saturated rings. The summed E-state index contributed by atoms with van der Waals surface area (Å²) in [6, 6.07) is 20.4. The van der Waals surface area contributed by atoms with E-state index >= 15 is 0 Å². The number of carbonyl (C=O) groups excluding carboxylic acids is 1. The van der Waals surface area contributed by atoms with Crippen molar-refractivity contribution in [3.63, 3.8) is 0 Å². The van der Waals surface area contributed by atoms with E-state index in [0.29, 0.717) is 54.9 Å². The maximum absolute atomic E-state index is 14.3. The van der Waals surface area contributed by atoms with Crippen LogP contribution in [0.15, 0.2) is 94.0 Å². The van der Waals surface area contributed by atoms with Crippen molar-refractivity contribution in [2.75, 3.05) is 13.7 Å². The summed E-state index contributed by atoms with van der Waals surface area (Å²) in [4.78, 5) is 33.2. The molecule has 7 nitrogen and oxygen atoms in total. The van der Waals surface area contributed by atoms with E-state index in [9.17, 15) is 9.59 Å². The van der Waals surface area contributed by atoms with Crippen molar-refractivity contribution < 1.29 is 14.3 Å². The predicted octanol–water partition coefficient (Wildman–Crippen LogP) is 6.90. The second-order valence-electron chi connectivity index (χ2n) is 10.6. The van der Waals surface area contributed by atoms with E-state index in [-0.39, 0.29) is 12.2 Å². The zero-order valence-electron chi connectivity index (χ0n) is 25.1. The highest BCUT2D eigenvalue weighted by atomic mass is 35.5. The lowest BCUT2D eigenvalue weighted by atomic mass is 9.93. The largest absolute Gasteiger partial charge is 0.496 e. The molecular formula is C35H31Cl2N3O4S. The fourth-order valence-electron chi connectivity index (χ4n) is 5.80. The normalized spacial score (nSPS) is 14.9. The molecule has 5 aromatic rings. The second kappa shape index (κ2) is 13.1. The van der Waals surface area contributed by atoms with Crippen LogP contribution in [0.1, 0.15) is 49.4 Å². The summed E-state index contributed by atoms with van der Waals surface area (Å²) in [5.41, 5.74) is 4.35. The van der Waals surface area contributed by atoms with Gasteiger partial charge in [-0.2, -0.15) is 0 Å². The summed E-state index contributed by atoms with van der Waals surface area (Å²) >= 11 is 13.8. The van der Waals surface area contributed by atoms with Gasteiger partial charge in [-0.1, -0.05) is 90.3 Å². The van der Waals surface area contributed by atoms with Gasteiger partial charge in [0, 0.05) is 34.8 Å². The first-order valence-electron chi connectivity index (χ1n) is 14.7. The van der Waals surface area contributed by atoms with Gasteiger partial charge in [-0.05, 0) is 49.2 Å². The van der Waals surface area contributed by atoms with Crippen LogP contribution in [0.3, 0.4) is 0 Å². The van der Waals surface area contributed by atoms with Crippen LogP contribution >= 0.6 is 34.5 Å². The van der Waals surface area contributed by atoms with E-state index < -0.39 is 12.0 Å². The van der Waals surface area contributed by atoms with Crippen molar-refractivity contribution in [1.82, 2.24) is 9.13 Å². The van der Waals surface area contributed by atoms with Gasteiger partial charge in [-0.15, -0.1) is 0 Å². The van der Waals surface area contributed by atoms with Crippen molar-refractivity contribution in [1.29, 1.82) is 0 Å². The summed E-state index contributed by atoms with van der Waals surface area (Å²) in [7, 11) is 1.58. The molecule has 0 radical (unpaired) electrons. The highest BCUT2D eigenvalue weighted by Gasteiger charge is 2.35. The molecule has 230 valence electrons. The van der Waals surface area contributed by atoms with Crippen LogP contribution in [-0.2, 0) is 16.1 Å². The van der Waals surface area contributed by atoms with E-state index in [2.05, 4.69) is 10.6 Å². The fourth-order valence-corrected chi connectivity index (χ4v) is 7.14. The Kier molecular flexibility index (Phi) is 8.99. The Bertz CT molecular complexity index is 2140. The summed E-state index contributed by atoms with van der Waals surface area (Å²) in [5, 5.41) is 2.01. The number of ether oxygens (including phenoxy) is 2. The first kappa shape index (κ1) is 30.9. The number of halogens is 2. The fraction of sp³-hybridized carbons (Fsp3) is 0.229. The number of aromatic nitrogens is 2. The van der Waals surface area contributed by atoms with Gasteiger partial charge in [-0.25, -0.2) is 9.79 Å². The maximum Gasteiger partial charge on any atom is 0.338 e. The molecule has 0 bridgehead atoms. The Labute approximate surface area is 274 Å². The number of carbonyl (C=O) groups is 1. The molecule has 0 saturated carbocycles. The summed E-state index contributed by atoms with van der Waals surface area (Å²) in [6.07, 6.45) is 5.28. The van der Waals surface area contributed by atoms with Gasteiger partial charge in [0.1, 0.15) is 11.8 Å². The predicted molar refractivity (Wildman–Crippen MR) is 180 cm³/mol. The average molecular weight is 661 g/mol. The molecule has 0 aliphatic carbocycles. The Morgan fingerprint density at radius 1 is 1.04 bits per heavy atom. The minimum Gasteiger partial charge on any atom is -0.496 e. The Hall–Kier alpha value is -4.11. The number of methoxy groups -OCH3 is 1. The zero-order chi connectivity index (χ0) is 31.7. The second-order valence-corrected chi connectivity index (χ2v) is 12.5. The molecule has 1 unspecified atom stereocenters. The molecular weight excluding hydrogens is 629 g/mol. The summed E-state index contributed by atoms with van der Waals surface area (Å²) in [6.45, 7) is 4.58. The number of hydrogen-bond acceptors (Lipinski definition) is 6. The number of esters is 1.